The number of amides is 1. The fourth-order valence-corrected chi connectivity index (χ4v) is 1.19. The molecule has 0 unspecified atom stereocenters. The molecule has 0 aliphatic heterocycles. The normalized spacial score (nSPS) is 11.6. The molecule has 0 aromatic heterocycles. The second-order valence-corrected chi connectivity index (χ2v) is 3.30. The van der Waals surface area contributed by atoms with Crippen LogP contribution in [0.4, 0.5) is 0 Å². The largest absolute Gasteiger partial charge is 0.506 e. The number of nitrogens with one attached hydrogen (secondary N) is 1. The third kappa shape index (κ3) is 11.5. The van der Waals surface area contributed by atoms with E-state index in [1.165, 1.54) is 18.2 Å². The van der Waals surface area contributed by atoms with Crippen LogP contribution in [0.3, 0.4) is 0 Å². The lowest BCUT2D eigenvalue weighted by molar-refractivity contribution is -0.116. The van der Waals surface area contributed by atoms with Crippen LogP contribution >= 0.6 is 0 Å². The van der Waals surface area contributed by atoms with Crippen molar-refractivity contribution in [3.63, 3.8) is 0 Å². The molecule has 0 saturated carbocycles. The van der Waals surface area contributed by atoms with E-state index in [1.807, 2.05) is 34.6 Å². The number of rotatable bonds is 6. The number of hydrogen-bond donors (Lipinski definition) is 2. The minimum Gasteiger partial charge on any atom is -0.506 e. The molecule has 0 aromatic rings. The molecule has 0 aliphatic carbocycles. The molecular formula is C19H31NO2. The first-order valence-corrected chi connectivity index (χ1v) is 7.55. The minimum atomic E-state index is -0.315. The van der Waals surface area contributed by atoms with Crippen molar-refractivity contribution in [2.24, 2.45) is 0 Å². The Bertz CT molecular complexity index is 438. The first kappa shape index (κ1) is 24.7. The van der Waals surface area contributed by atoms with Gasteiger partial charge in [-0.3, -0.25) is 4.79 Å². The van der Waals surface area contributed by atoms with Gasteiger partial charge >= 0.3 is 0 Å². The highest BCUT2D eigenvalue weighted by atomic mass is 16.3. The Labute approximate surface area is 136 Å². The number of hydrogen-bond acceptors (Lipinski definition) is 2. The standard InChI is InChI=1S/C15H19NO2.2C2H6/c1-5-9-12(10-6-2)15(18)16-13(8-4)14(17)11-7-3;2*1-2/h5-11,17H,1,3H2,2,4H3,(H,16,18);2*1-2H3/b10-6-,12-9+,13-8+,14-11+;;. The van der Waals surface area contributed by atoms with Crippen LogP contribution in [-0.2, 0) is 4.79 Å². The van der Waals surface area contributed by atoms with Gasteiger partial charge in [-0.2, -0.15) is 0 Å². The average molecular weight is 305 g/mol. The lowest BCUT2D eigenvalue weighted by Gasteiger charge is -2.09. The smallest absolute Gasteiger partial charge is 0.255 e. The van der Waals surface area contributed by atoms with Crippen LogP contribution in [-0.4, -0.2) is 11.0 Å². The van der Waals surface area contributed by atoms with Crippen molar-refractivity contribution in [3.8, 4) is 0 Å². The van der Waals surface area contributed by atoms with E-state index in [2.05, 4.69) is 18.5 Å². The summed E-state index contributed by atoms with van der Waals surface area (Å²) in [6.07, 6.45) is 11.0. The summed E-state index contributed by atoms with van der Waals surface area (Å²) in [5, 5.41) is 12.3. The maximum Gasteiger partial charge on any atom is 0.255 e. The molecule has 1 amide bonds. The van der Waals surface area contributed by atoms with Crippen LogP contribution in [0.5, 0.6) is 0 Å². The highest BCUT2D eigenvalue weighted by Crippen LogP contribution is 2.06. The molecule has 3 heteroatoms. The fraction of sp³-hybridized carbons (Fsp3) is 0.316. The summed E-state index contributed by atoms with van der Waals surface area (Å²) in [6.45, 7) is 18.6. The summed E-state index contributed by atoms with van der Waals surface area (Å²) in [5.41, 5.74) is 0.789. The Kier molecular flexibility index (Phi) is 21.0. The van der Waals surface area contributed by atoms with Gasteiger partial charge in [-0.15, -0.1) is 0 Å². The summed E-state index contributed by atoms with van der Waals surface area (Å²) >= 11 is 0. The van der Waals surface area contributed by atoms with Gasteiger partial charge in [-0.25, -0.2) is 0 Å². The van der Waals surface area contributed by atoms with Crippen molar-refractivity contribution in [2.45, 2.75) is 41.5 Å². The first-order valence-electron chi connectivity index (χ1n) is 7.55. The molecule has 0 saturated heterocycles. The molecule has 0 aromatic carbocycles. The zero-order chi connectivity index (χ0) is 18.0. The monoisotopic (exact) mass is 305 g/mol. The third-order valence-electron chi connectivity index (χ3n) is 1.99. The van der Waals surface area contributed by atoms with E-state index in [0.29, 0.717) is 11.3 Å². The number of carbonyl (C=O) groups is 1. The summed E-state index contributed by atoms with van der Waals surface area (Å²) in [4.78, 5) is 11.9. The fourth-order valence-electron chi connectivity index (χ4n) is 1.19. The van der Waals surface area contributed by atoms with E-state index in [1.54, 1.807) is 31.2 Å². The Hall–Kier alpha value is -2.29. The predicted molar refractivity (Wildman–Crippen MR) is 98.6 cm³/mol. The summed E-state index contributed by atoms with van der Waals surface area (Å²) in [6, 6.07) is 0. The van der Waals surface area contributed by atoms with Gasteiger partial charge in [-0.05, 0) is 19.9 Å². The van der Waals surface area contributed by atoms with Gasteiger partial charge in [0.2, 0.25) is 0 Å². The summed E-state index contributed by atoms with van der Waals surface area (Å²) in [7, 11) is 0. The first-order chi connectivity index (χ1) is 10.6. The minimum absolute atomic E-state index is 0.0423. The number of aliphatic hydroxyl groups excluding tert-OH is 1. The maximum absolute atomic E-state index is 11.9. The molecular weight excluding hydrogens is 274 g/mol. The van der Waals surface area contributed by atoms with Crippen LogP contribution in [0.25, 0.3) is 0 Å². The second-order valence-electron chi connectivity index (χ2n) is 3.30. The van der Waals surface area contributed by atoms with Crippen LogP contribution in [0, 0.1) is 0 Å². The zero-order valence-electron chi connectivity index (χ0n) is 14.8. The summed E-state index contributed by atoms with van der Waals surface area (Å²) < 4.78 is 0. The van der Waals surface area contributed by atoms with E-state index >= 15 is 0 Å². The van der Waals surface area contributed by atoms with E-state index in [0.717, 1.165) is 0 Å². The van der Waals surface area contributed by atoms with E-state index < -0.39 is 0 Å². The predicted octanol–water partition coefficient (Wildman–Crippen LogP) is 5.38. The van der Waals surface area contributed by atoms with Crippen molar-refractivity contribution in [3.05, 3.63) is 72.7 Å². The van der Waals surface area contributed by atoms with E-state index in [-0.39, 0.29) is 11.7 Å². The van der Waals surface area contributed by atoms with Gasteiger partial charge in [0, 0.05) is 5.57 Å². The second kappa shape index (κ2) is 18.7. The Balaban J connectivity index is -0.000000826. The molecule has 22 heavy (non-hydrogen) atoms. The quantitative estimate of drug-likeness (QED) is 0.393. The summed E-state index contributed by atoms with van der Waals surface area (Å²) in [5.74, 6) is -0.357. The zero-order valence-corrected chi connectivity index (χ0v) is 14.8. The number of allylic oxidation sites excluding steroid dienone is 6. The van der Waals surface area contributed by atoms with E-state index in [4.69, 9.17) is 0 Å². The lowest BCUT2D eigenvalue weighted by atomic mass is 10.2. The van der Waals surface area contributed by atoms with E-state index in [9.17, 15) is 9.90 Å². The third-order valence-corrected chi connectivity index (χ3v) is 1.99. The van der Waals surface area contributed by atoms with Crippen LogP contribution in [0.2, 0.25) is 0 Å². The Morgan fingerprint density at radius 1 is 1.00 bits per heavy atom. The Morgan fingerprint density at radius 2 is 1.50 bits per heavy atom. The highest BCUT2D eigenvalue weighted by Gasteiger charge is 2.09. The molecule has 0 heterocycles. The van der Waals surface area contributed by atoms with Crippen molar-refractivity contribution in [2.75, 3.05) is 0 Å². The highest BCUT2D eigenvalue weighted by molar-refractivity contribution is 5.97. The SMILES string of the molecule is C=C/C=C(\C=C/C)C(=O)NC(=C/C)/C(O)=C\C=C.CC.CC. The van der Waals surface area contributed by atoms with Gasteiger partial charge in [0.25, 0.3) is 5.91 Å². The van der Waals surface area contributed by atoms with Crippen LogP contribution in [0.1, 0.15) is 41.5 Å². The van der Waals surface area contributed by atoms with Crippen molar-refractivity contribution in [1.29, 1.82) is 0 Å². The van der Waals surface area contributed by atoms with Gasteiger partial charge < -0.3 is 10.4 Å². The van der Waals surface area contributed by atoms with Gasteiger partial charge in [-0.1, -0.05) is 77.3 Å². The van der Waals surface area contributed by atoms with Crippen molar-refractivity contribution in [1.82, 2.24) is 5.32 Å². The van der Waals surface area contributed by atoms with Crippen molar-refractivity contribution < 1.29 is 9.90 Å². The Morgan fingerprint density at radius 3 is 1.86 bits per heavy atom. The van der Waals surface area contributed by atoms with Gasteiger partial charge in [0.05, 0.1) is 5.70 Å². The van der Waals surface area contributed by atoms with Crippen LogP contribution < -0.4 is 5.32 Å². The van der Waals surface area contributed by atoms with Crippen LogP contribution in [0.15, 0.2) is 72.7 Å². The average Bonchev–Trinajstić information content (AvgIpc) is 2.56. The molecule has 3 nitrogen and oxygen atoms in total. The molecule has 0 spiro atoms. The van der Waals surface area contributed by atoms with Gasteiger partial charge in [0.15, 0.2) is 0 Å². The molecule has 124 valence electrons. The molecule has 0 aliphatic rings. The molecule has 0 radical (unpaired) electrons. The van der Waals surface area contributed by atoms with Crippen molar-refractivity contribution >= 4 is 5.91 Å². The molecule has 0 atom stereocenters. The number of aliphatic hydroxyl groups is 1. The lowest BCUT2D eigenvalue weighted by Crippen LogP contribution is -2.24. The topological polar surface area (TPSA) is 49.3 Å². The molecule has 0 rings (SSSR count). The molecule has 2 N–H and O–H groups in total. The number of carbonyl (C=O) groups excluding carboxylic acids is 1. The molecule has 0 fully saturated rings. The molecule has 0 bridgehead atoms. The van der Waals surface area contributed by atoms with Gasteiger partial charge in [0.1, 0.15) is 5.76 Å². The maximum atomic E-state index is 11.9.